The number of rotatable bonds is 5. The lowest BCUT2D eigenvalue weighted by Crippen LogP contribution is -2.39. The summed E-state index contributed by atoms with van der Waals surface area (Å²) < 4.78 is 0. The fourth-order valence-corrected chi connectivity index (χ4v) is 3.64. The van der Waals surface area contributed by atoms with Crippen LogP contribution < -0.4 is 5.32 Å². The number of hydrogen-bond donors (Lipinski definition) is 2. The highest BCUT2D eigenvalue weighted by molar-refractivity contribution is 7.15. The molecule has 0 saturated carbocycles. The number of aliphatic hydroxyl groups is 1. The van der Waals surface area contributed by atoms with Gasteiger partial charge in [-0.25, -0.2) is 4.79 Å². The largest absolute Gasteiger partial charge is 0.395 e. The summed E-state index contributed by atoms with van der Waals surface area (Å²) in [5.41, 5.74) is 2.44. The van der Waals surface area contributed by atoms with Crippen LogP contribution in [0.4, 0.5) is 9.93 Å². The molecule has 1 aromatic carbocycles. The van der Waals surface area contributed by atoms with Gasteiger partial charge in [0.15, 0.2) is 0 Å². The number of aromatic nitrogens is 2. The first-order chi connectivity index (χ1) is 11.2. The predicted molar refractivity (Wildman–Crippen MR) is 89.6 cm³/mol. The average Bonchev–Trinajstić information content (AvgIpc) is 3.19. The Kier molecular flexibility index (Phi) is 4.88. The second kappa shape index (κ2) is 7.06. The van der Waals surface area contributed by atoms with Gasteiger partial charge in [-0.15, -0.1) is 10.2 Å². The van der Waals surface area contributed by atoms with Crippen molar-refractivity contribution in [1.82, 2.24) is 15.1 Å². The van der Waals surface area contributed by atoms with E-state index in [-0.39, 0.29) is 18.7 Å². The normalized spacial score (nSPS) is 16.2. The molecule has 2 N–H and O–H groups in total. The smallest absolute Gasteiger partial charge is 0.324 e. The molecule has 0 radical (unpaired) electrons. The van der Waals surface area contributed by atoms with Gasteiger partial charge in [0.05, 0.1) is 12.6 Å². The van der Waals surface area contributed by atoms with Crippen molar-refractivity contribution < 1.29 is 9.90 Å². The first-order valence-electron chi connectivity index (χ1n) is 7.81. The van der Waals surface area contributed by atoms with Crippen molar-refractivity contribution in [2.45, 2.75) is 32.2 Å². The molecule has 0 spiro atoms. The summed E-state index contributed by atoms with van der Waals surface area (Å²) in [7, 11) is 0. The third-order valence-electron chi connectivity index (χ3n) is 4.06. The van der Waals surface area contributed by atoms with E-state index in [0.29, 0.717) is 11.7 Å². The van der Waals surface area contributed by atoms with Gasteiger partial charge in [0.1, 0.15) is 5.01 Å². The van der Waals surface area contributed by atoms with E-state index in [1.54, 1.807) is 4.90 Å². The molecule has 1 unspecified atom stereocenters. The molecule has 0 bridgehead atoms. The number of anilines is 1. The Hall–Kier alpha value is -1.99. The molecule has 7 heteroatoms. The average molecular weight is 332 g/mol. The standard InChI is InChI=1S/C16H20N4O2S/c1-2-14-18-19-15(23-14)17-16(22)20(9-10-21)13-8-7-11-5-3-4-6-12(11)13/h3-6,13,21H,2,7-10H2,1H3,(H,17,19,22). The Morgan fingerprint density at radius 1 is 1.43 bits per heavy atom. The van der Waals surface area contributed by atoms with Gasteiger partial charge in [-0.2, -0.15) is 0 Å². The van der Waals surface area contributed by atoms with Gasteiger partial charge in [-0.1, -0.05) is 42.5 Å². The number of nitrogens with zero attached hydrogens (tertiary/aromatic N) is 3. The number of aryl methyl sites for hydroxylation is 2. The Balaban J connectivity index is 1.77. The molecule has 122 valence electrons. The van der Waals surface area contributed by atoms with Gasteiger partial charge in [0.25, 0.3) is 0 Å². The zero-order valence-electron chi connectivity index (χ0n) is 13.0. The second-order valence-electron chi connectivity index (χ2n) is 5.45. The molecule has 0 aliphatic heterocycles. The molecule has 0 saturated heterocycles. The van der Waals surface area contributed by atoms with E-state index in [1.807, 2.05) is 19.1 Å². The van der Waals surface area contributed by atoms with E-state index < -0.39 is 0 Å². The highest BCUT2D eigenvalue weighted by Crippen LogP contribution is 2.35. The van der Waals surface area contributed by atoms with Crippen LogP contribution in [0, 0.1) is 0 Å². The Bertz CT molecular complexity index is 688. The van der Waals surface area contributed by atoms with Gasteiger partial charge >= 0.3 is 6.03 Å². The summed E-state index contributed by atoms with van der Waals surface area (Å²) in [6, 6.07) is 7.93. The van der Waals surface area contributed by atoms with Crippen molar-refractivity contribution >= 4 is 22.5 Å². The van der Waals surface area contributed by atoms with Crippen LogP contribution in [0.1, 0.15) is 35.5 Å². The quantitative estimate of drug-likeness (QED) is 0.882. The summed E-state index contributed by atoms with van der Waals surface area (Å²) in [4.78, 5) is 14.3. The zero-order chi connectivity index (χ0) is 16.2. The van der Waals surface area contributed by atoms with Crippen molar-refractivity contribution in [3.8, 4) is 0 Å². The minimum Gasteiger partial charge on any atom is -0.395 e. The van der Waals surface area contributed by atoms with Gasteiger partial charge in [0, 0.05) is 6.54 Å². The molecule has 23 heavy (non-hydrogen) atoms. The number of carbonyl (C=O) groups is 1. The van der Waals surface area contributed by atoms with Crippen LogP contribution in [0.15, 0.2) is 24.3 Å². The lowest BCUT2D eigenvalue weighted by molar-refractivity contribution is 0.162. The number of amides is 2. The van der Waals surface area contributed by atoms with Crippen molar-refractivity contribution in [1.29, 1.82) is 0 Å². The lowest BCUT2D eigenvalue weighted by atomic mass is 10.1. The maximum atomic E-state index is 12.6. The van der Waals surface area contributed by atoms with Crippen LogP contribution in [0.3, 0.4) is 0 Å². The number of aliphatic hydroxyl groups excluding tert-OH is 1. The monoisotopic (exact) mass is 332 g/mol. The summed E-state index contributed by atoms with van der Waals surface area (Å²) in [6.45, 7) is 2.23. The minimum atomic E-state index is -0.237. The van der Waals surface area contributed by atoms with Crippen molar-refractivity contribution in [3.63, 3.8) is 0 Å². The first-order valence-corrected chi connectivity index (χ1v) is 8.63. The molecule has 2 amide bonds. The Morgan fingerprint density at radius 3 is 3.00 bits per heavy atom. The topological polar surface area (TPSA) is 78.4 Å². The summed E-state index contributed by atoms with van der Waals surface area (Å²) in [5.74, 6) is 0. The first kappa shape index (κ1) is 15.9. The van der Waals surface area contributed by atoms with Gasteiger partial charge in [-0.3, -0.25) is 5.32 Å². The highest BCUT2D eigenvalue weighted by Gasteiger charge is 2.30. The number of benzene rings is 1. The zero-order valence-corrected chi connectivity index (χ0v) is 13.8. The Morgan fingerprint density at radius 2 is 2.26 bits per heavy atom. The van der Waals surface area contributed by atoms with Crippen LogP contribution in [-0.4, -0.2) is 39.4 Å². The van der Waals surface area contributed by atoms with Crippen molar-refractivity contribution in [2.24, 2.45) is 0 Å². The number of hydrogen-bond acceptors (Lipinski definition) is 5. The maximum absolute atomic E-state index is 12.6. The number of nitrogens with one attached hydrogen (secondary N) is 1. The Labute approximate surface area is 139 Å². The van der Waals surface area contributed by atoms with E-state index in [0.717, 1.165) is 24.3 Å². The van der Waals surface area contributed by atoms with E-state index in [4.69, 9.17) is 0 Å². The fraction of sp³-hybridized carbons (Fsp3) is 0.438. The van der Waals surface area contributed by atoms with Crippen LogP contribution in [0.5, 0.6) is 0 Å². The molecule has 1 aliphatic rings. The molecular weight excluding hydrogens is 312 g/mol. The van der Waals surface area contributed by atoms with E-state index in [9.17, 15) is 9.90 Å². The molecule has 1 aromatic heterocycles. The molecule has 3 rings (SSSR count). The van der Waals surface area contributed by atoms with Crippen LogP contribution in [0.25, 0.3) is 0 Å². The third kappa shape index (κ3) is 3.35. The summed E-state index contributed by atoms with van der Waals surface area (Å²) in [6.07, 6.45) is 2.63. The van der Waals surface area contributed by atoms with Gasteiger partial charge in [-0.05, 0) is 30.4 Å². The minimum absolute atomic E-state index is 0.00285. The van der Waals surface area contributed by atoms with Crippen LogP contribution in [-0.2, 0) is 12.8 Å². The molecule has 0 fully saturated rings. The maximum Gasteiger partial charge on any atom is 0.324 e. The molecular formula is C16H20N4O2S. The fourth-order valence-electron chi connectivity index (χ4n) is 2.98. The number of carbonyl (C=O) groups excluding carboxylic acids is 1. The highest BCUT2D eigenvalue weighted by atomic mass is 32.1. The van der Waals surface area contributed by atoms with Crippen molar-refractivity contribution in [3.05, 3.63) is 40.4 Å². The number of urea groups is 1. The second-order valence-corrected chi connectivity index (χ2v) is 6.52. The van der Waals surface area contributed by atoms with E-state index in [1.165, 1.54) is 22.5 Å². The third-order valence-corrected chi connectivity index (χ3v) is 5.05. The molecule has 1 heterocycles. The SMILES string of the molecule is CCc1nnc(NC(=O)N(CCO)C2CCc3ccccc32)s1. The van der Waals surface area contributed by atoms with E-state index >= 15 is 0 Å². The van der Waals surface area contributed by atoms with Gasteiger partial charge in [0.2, 0.25) is 5.13 Å². The van der Waals surface area contributed by atoms with Crippen LogP contribution >= 0.6 is 11.3 Å². The summed E-state index contributed by atoms with van der Waals surface area (Å²) >= 11 is 1.38. The van der Waals surface area contributed by atoms with E-state index in [2.05, 4.69) is 27.6 Å². The predicted octanol–water partition coefficient (Wildman–Crippen LogP) is 2.61. The van der Waals surface area contributed by atoms with Crippen LogP contribution in [0.2, 0.25) is 0 Å². The molecule has 2 aromatic rings. The van der Waals surface area contributed by atoms with Crippen molar-refractivity contribution in [2.75, 3.05) is 18.5 Å². The lowest BCUT2D eigenvalue weighted by Gasteiger charge is -2.28. The summed E-state index contributed by atoms with van der Waals surface area (Å²) in [5, 5.41) is 21.6. The van der Waals surface area contributed by atoms with Gasteiger partial charge < -0.3 is 10.0 Å². The molecule has 6 nitrogen and oxygen atoms in total. The number of fused-ring (bicyclic) bond motifs is 1. The molecule has 1 atom stereocenters. The molecule has 1 aliphatic carbocycles.